The number of aromatic nitrogens is 2. The topological polar surface area (TPSA) is 63.8 Å². The number of hydrogen-bond acceptors (Lipinski definition) is 4. The number of nitrogens with two attached hydrogens (primary N) is 1. The highest BCUT2D eigenvalue weighted by atomic mass is 35.5. The molecule has 0 fully saturated rings. The van der Waals surface area contributed by atoms with E-state index in [-0.39, 0.29) is 5.28 Å². The Morgan fingerprint density at radius 2 is 1.88 bits per heavy atom. The summed E-state index contributed by atoms with van der Waals surface area (Å²) in [4.78, 5) is 8.08. The molecule has 0 aliphatic carbocycles. The summed E-state index contributed by atoms with van der Waals surface area (Å²) in [6, 6.07) is 7.89. The normalized spacial score (nSPS) is 10.3. The predicted molar refractivity (Wildman–Crippen MR) is 70.7 cm³/mol. The molecular formula is C12H13ClN4. The van der Waals surface area contributed by atoms with Crippen molar-refractivity contribution in [2.75, 3.05) is 11.1 Å². The molecule has 17 heavy (non-hydrogen) atoms. The van der Waals surface area contributed by atoms with Crippen LogP contribution in [0.1, 0.15) is 11.3 Å². The van der Waals surface area contributed by atoms with Crippen LogP contribution in [0, 0.1) is 13.8 Å². The first-order valence-corrected chi connectivity index (χ1v) is 5.58. The summed E-state index contributed by atoms with van der Waals surface area (Å²) in [6.07, 6.45) is 0. The minimum atomic E-state index is 0.188. The predicted octanol–water partition coefficient (Wildman–Crippen LogP) is 3.07. The van der Waals surface area contributed by atoms with Gasteiger partial charge in [-0.1, -0.05) is 18.2 Å². The molecule has 0 saturated carbocycles. The van der Waals surface area contributed by atoms with Gasteiger partial charge in [0.25, 0.3) is 0 Å². The van der Waals surface area contributed by atoms with Gasteiger partial charge < -0.3 is 11.1 Å². The van der Waals surface area contributed by atoms with Crippen LogP contribution in [0.25, 0.3) is 0 Å². The van der Waals surface area contributed by atoms with Gasteiger partial charge in [-0.2, -0.15) is 4.98 Å². The van der Waals surface area contributed by atoms with Gasteiger partial charge in [0, 0.05) is 5.69 Å². The summed E-state index contributed by atoms with van der Waals surface area (Å²) in [5.41, 5.74) is 9.15. The number of benzene rings is 1. The SMILES string of the molecule is Cc1ccccc1Nc1nc(Cl)nc(C)c1N. The van der Waals surface area contributed by atoms with Gasteiger partial charge >= 0.3 is 0 Å². The molecule has 2 aromatic rings. The van der Waals surface area contributed by atoms with Crippen LogP contribution < -0.4 is 11.1 Å². The highest BCUT2D eigenvalue weighted by molar-refractivity contribution is 6.28. The van der Waals surface area contributed by atoms with Crippen molar-refractivity contribution in [3.8, 4) is 0 Å². The fourth-order valence-corrected chi connectivity index (χ4v) is 1.69. The lowest BCUT2D eigenvalue weighted by Gasteiger charge is -2.11. The Kier molecular flexibility index (Phi) is 3.15. The number of para-hydroxylation sites is 1. The number of nitrogens with zero attached hydrogens (tertiary/aromatic N) is 2. The lowest BCUT2D eigenvalue weighted by Crippen LogP contribution is -2.04. The van der Waals surface area contributed by atoms with Crippen molar-refractivity contribution in [2.24, 2.45) is 0 Å². The number of aryl methyl sites for hydroxylation is 2. The van der Waals surface area contributed by atoms with Crippen LogP contribution in [0.4, 0.5) is 17.2 Å². The van der Waals surface area contributed by atoms with Gasteiger partial charge in [-0.25, -0.2) is 4.98 Å². The molecule has 0 amide bonds. The number of hydrogen-bond donors (Lipinski definition) is 2. The van der Waals surface area contributed by atoms with Crippen LogP contribution in [0.3, 0.4) is 0 Å². The minimum Gasteiger partial charge on any atom is -0.394 e. The number of anilines is 3. The highest BCUT2D eigenvalue weighted by Gasteiger charge is 2.08. The molecular weight excluding hydrogens is 236 g/mol. The molecule has 0 bridgehead atoms. The van der Waals surface area contributed by atoms with E-state index in [0.29, 0.717) is 17.2 Å². The Bertz CT molecular complexity index is 554. The molecule has 0 aliphatic rings. The average molecular weight is 249 g/mol. The number of nitrogen functional groups attached to an aromatic ring is 1. The summed E-state index contributed by atoms with van der Waals surface area (Å²) in [6.45, 7) is 3.81. The molecule has 0 unspecified atom stereocenters. The van der Waals surface area contributed by atoms with E-state index in [9.17, 15) is 0 Å². The van der Waals surface area contributed by atoms with Crippen molar-refractivity contribution >= 4 is 28.8 Å². The van der Waals surface area contributed by atoms with E-state index in [1.54, 1.807) is 6.92 Å². The lowest BCUT2D eigenvalue weighted by molar-refractivity contribution is 1.11. The van der Waals surface area contributed by atoms with E-state index in [0.717, 1.165) is 11.3 Å². The standard InChI is InChI=1S/C12H13ClN4/c1-7-5-3-4-6-9(7)16-11-10(14)8(2)15-12(13)17-11/h3-6H,14H2,1-2H3,(H,15,16,17). The van der Waals surface area contributed by atoms with E-state index in [2.05, 4.69) is 15.3 Å². The first-order valence-electron chi connectivity index (χ1n) is 5.20. The van der Waals surface area contributed by atoms with Gasteiger partial charge in [0.05, 0.1) is 11.4 Å². The van der Waals surface area contributed by atoms with Crippen LogP contribution in [-0.2, 0) is 0 Å². The number of nitrogens with one attached hydrogen (secondary N) is 1. The van der Waals surface area contributed by atoms with E-state index in [1.807, 2.05) is 31.2 Å². The molecule has 5 heteroatoms. The Morgan fingerprint density at radius 3 is 2.59 bits per heavy atom. The molecule has 4 nitrogen and oxygen atoms in total. The first-order chi connectivity index (χ1) is 8.08. The molecule has 0 spiro atoms. The molecule has 1 aromatic heterocycles. The lowest BCUT2D eigenvalue weighted by atomic mass is 10.2. The van der Waals surface area contributed by atoms with Crippen molar-refractivity contribution in [3.05, 3.63) is 40.8 Å². The second-order valence-electron chi connectivity index (χ2n) is 3.78. The summed E-state index contributed by atoms with van der Waals surface area (Å²) in [5.74, 6) is 0.539. The average Bonchev–Trinajstić information content (AvgIpc) is 2.28. The second kappa shape index (κ2) is 4.59. The third kappa shape index (κ3) is 2.47. The molecule has 0 atom stereocenters. The van der Waals surface area contributed by atoms with E-state index in [4.69, 9.17) is 17.3 Å². The summed E-state index contributed by atoms with van der Waals surface area (Å²) < 4.78 is 0. The van der Waals surface area contributed by atoms with Gasteiger partial charge in [0.15, 0.2) is 5.82 Å². The number of rotatable bonds is 2. The smallest absolute Gasteiger partial charge is 0.224 e. The quantitative estimate of drug-likeness (QED) is 0.802. The van der Waals surface area contributed by atoms with E-state index >= 15 is 0 Å². The van der Waals surface area contributed by atoms with Crippen molar-refractivity contribution in [1.82, 2.24) is 9.97 Å². The third-order valence-electron chi connectivity index (χ3n) is 2.51. The fourth-order valence-electron chi connectivity index (χ4n) is 1.48. The van der Waals surface area contributed by atoms with Crippen LogP contribution in [0.2, 0.25) is 5.28 Å². The van der Waals surface area contributed by atoms with E-state index < -0.39 is 0 Å². The maximum Gasteiger partial charge on any atom is 0.224 e. The Hall–Kier alpha value is -1.81. The highest BCUT2D eigenvalue weighted by Crippen LogP contribution is 2.25. The van der Waals surface area contributed by atoms with Crippen molar-refractivity contribution in [2.45, 2.75) is 13.8 Å². The fraction of sp³-hybridized carbons (Fsp3) is 0.167. The summed E-state index contributed by atoms with van der Waals surface area (Å²) in [7, 11) is 0. The zero-order valence-electron chi connectivity index (χ0n) is 9.66. The Morgan fingerprint density at radius 1 is 1.18 bits per heavy atom. The minimum absolute atomic E-state index is 0.188. The van der Waals surface area contributed by atoms with Gasteiger partial charge in [0.2, 0.25) is 5.28 Å². The first kappa shape index (κ1) is 11.7. The summed E-state index contributed by atoms with van der Waals surface area (Å²) in [5, 5.41) is 3.35. The van der Waals surface area contributed by atoms with Gasteiger partial charge in [0.1, 0.15) is 0 Å². The van der Waals surface area contributed by atoms with E-state index in [1.165, 1.54) is 0 Å². The molecule has 1 heterocycles. The maximum atomic E-state index is 5.90. The summed E-state index contributed by atoms with van der Waals surface area (Å²) >= 11 is 5.81. The largest absolute Gasteiger partial charge is 0.394 e. The van der Waals surface area contributed by atoms with Crippen LogP contribution >= 0.6 is 11.6 Å². The monoisotopic (exact) mass is 248 g/mol. The molecule has 1 aromatic carbocycles. The van der Waals surface area contributed by atoms with Crippen molar-refractivity contribution < 1.29 is 0 Å². The molecule has 88 valence electrons. The van der Waals surface area contributed by atoms with Crippen molar-refractivity contribution in [1.29, 1.82) is 0 Å². The number of halogens is 1. The zero-order valence-corrected chi connectivity index (χ0v) is 10.4. The Balaban J connectivity index is 2.40. The maximum absolute atomic E-state index is 5.90. The second-order valence-corrected chi connectivity index (χ2v) is 4.12. The van der Waals surface area contributed by atoms with Crippen LogP contribution in [0.5, 0.6) is 0 Å². The molecule has 0 radical (unpaired) electrons. The Labute approximate surface area is 105 Å². The zero-order chi connectivity index (χ0) is 12.4. The van der Waals surface area contributed by atoms with Gasteiger partial charge in [-0.3, -0.25) is 0 Å². The van der Waals surface area contributed by atoms with Gasteiger partial charge in [-0.05, 0) is 37.1 Å². The van der Waals surface area contributed by atoms with Crippen molar-refractivity contribution in [3.63, 3.8) is 0 Å². The third-order valence-corrected chi connectivity index (χ3v) is 2.68. The molecule has 0 saturated heterocycles. The molecule has 0 aliphatic heterocycles. The van der Waals surface area contributed by atoms with Crippen LogP contribution in [0.15, 0.2) is 24.3 Å². The van der Waals surface area contributed by atoms with Crippen LogP contribution in [-0.4, -0.2) is 9.97 Å². The molecule has 3 N–H and O–H groups in total. The van der Waals surface area contributed by atoms with Gasteiger partial charge in [-0.15, -0.1) is 0 Å². The molecule has 2 rings (SSSR count).